The van der Waals surface area contributed by atoms with E-state index < -0.39 is 36.2 Å². The van der Waals surface area contributed by atoms with E-state index >= 15 is 0 Å². The molecule has 0 radical (unpaired) electrons. The zero-order valence-corrected chi connectivity index (χ0v) is 15.1. The van der Waals surface area contributed by atoms with Crippen LogP contribution in [-0.4, -0.2) is 37.3 Å². The largest absolute Gasteiger partial charge is 0.419 e. The maximum absolute atomic E-state index is 13.8. The Balaban J connectivity index is 0.00000312. The fourth-order valence-electron chi connectivity index (χ4n) is 2.82. The van der Waals surface area contributed by atoms with E-state index in [2.05, 4.69) is 5.32 Å². The van der Waals surface area contributed by atoms with E-state index in [4.69, 9.17) is 0 Å². The Labute approximate surface area is 158 Å². The highest BCUT2D eigenvalue weighted by molar-refractivity contribution is 5.85. The normalized spacial score (nSPS) is 17.2. The summed E-state index contributed by atoms with van der Waals surface area (Å²) in [5.74, 6) is -1.47. The fourth-order valence-corrected chi connectivity index (χ4v) is 2.82. The van der Waals surface area contributed by atoms with Crippen LogP contribution < -0.4 is 5.32 Å². The van der Waals surface area contributed by atoms with Crippen LogP contribution in [0.3, 0.4) is 0 Å². The van der Waals surface area contributed by atoms with Gasteiger partial charge in [-0.15, -0.1) is 24.8 Å². The minimum Gasteiger partial charge on any atom is -0.314 e. The van der Waals surface area contributed by atoms with Crippen molar-refractivity contribution in [3.05, 3.63) is 35.1 Å². The summed E-state index contributed by atoms with van der Waals surface area (Å²) in [6, 6.07) is 1.58. The zero-order valence-electron chi connectivity index (χ0n) is 13.5. The molecule has 1 aromatic rings. The van der Waals surface area contributed by atoms with Gasteiger partial charge in [-0.2, -0.15) is 26.3 Å². The number of hydrogen-bond acceptors (Lipinski definition) is 2. The SMILES string of the molecule is Cl.Cl.Fc1cc([C@@H](CCC(F)(F)F)N2CCNCC2)ccc1C(F)(F)F. The molecule has 1 aromatic carbocycles. The first-order valence-electron chi connectivity index (χ1n) is 7.46. The standard InChI is InChI=1S/C15H17F7N2.2ClH/c16-12-9-10(1-2-11(12)15(20,21)22)13(3-4-14(17,18)19)24-7-5-23-6-8-24;;/h1-2,9,13,23H,3-8H2;2*1H/t13-;;/m1../s1. The van der Waals surface area contributed by atoms with Crippen LogP contribution in [0.5, 0.6) is 0 Å². The summed E-state index contributed by atoms with van der Waals surface area (Å²) in [6.45, 7) is 2.02. The van der Waals surface area contributed by atoms with Crippen molar-refractivity contribution in [2.45, 2.75) is 31.2 Å². The molecule has 1 aliphatic heterocycles. The zero-order chi connectivity index (χ0) is 18.0. The molecule has 2 nitrogen and oxygen atoms in total. The van der Waals surface area contributed by atoms with Gasteiger partial charge in [0.2, 0.25) is 0 Å². The molecule has 11 heteroatoms. The molecule has 1 atom stereocenters. The van der Waals surface area contributed by atoms with E-state index in [1.165, 1.54) is 0 Å². The maximum Gasteiger partial charge on any atom is 0.419 e. The van der Waals surface area contributed by atoms with Gasteiger partial charge in [0.25, 0.3) is 0 Å². The second-order valence-electron chi connectivity index (χ2n) is 5.69. The third-order valence-corrected chi connectivity index (χ3v) is 3.98. The molecule has 1 heterocycles. The summed E-state index contributed by atoms with van der Waals surface area (Å²) >= 11 is 0. The van der Waals surface area contributed by atoms with Crippen LogP contribution in [0.1, 0.15) is 30.0 Å². The van der Waals surface area contributed by atoms with Gasteiger partial charge in [0.15, 0.2) is 0 Å². The lowest BCUT2D eigenvalue weighted by Gasteiger charge is -2.35. The second kappa shape index (κ2) is 9.96. The molecular formula is C15H19Cl2F7N2. The molecule has 0 aliphatic carbocycles. The topological polar surface area (TPSA) is 15.3 Å². The van der Waals surface area contributed by atoms with Gasteiger partial charge in [0.1, 0.15) is 5.82 Å². The summed E-state index contributed by atoms with van der Waals surface area (Å²) in [5, 5.41) is 3.05. The van der Waals surface area contributed by atoms with Crippen LogP contribution in [-0.2, 0) is 6.18 Å². The van der Waals surface area contributed by atoms with Gasteiger partial charge in [0, 0.05) is 38.6 Å². The first-order valence-corrected chi connectivity index (χ1v) is 7.46. The van der Waals surface area contributed by atoms with Crippen molar-refractivity contribution >= 4 is 24.8 Å². The highest BCUT2D eigenvalue weighted by Gasteiger charge is 2.35. The Hall–Kier alpha value is -0.770. The molecule has 2 rings (SSSR count). The van der Waals surface area contributed by atoms with Gasteiger partial charge >= 0.3 is 12.4 Å². The Morgan fingerprint density at radius 1 is 1.00 bits per heavy atom. The maximum atomic E-state index is 13.8. The third kappa shape index (κ3) is 7.09. The molecule has 1 saturated heterocycles. The lowest BCUT2D eigenvalue weighted by molar-refractivity contribution is -0.140. The van der Waals surface area contributed by atoms with E-state index in [-0.39, 0.29) is 36.8 Å². The van der Waals surface area contributed by atoms with Crippen molar-refractivity contribution in [2.75, 3.05) is 26.2 Å². The average Bonchev–Trinajstić information content (AvgIpc) is 2.46. The highest BCUT2D eigenvalue weighted by Crippen LogP contribution is 2.36. The number of alkyl halides is 6. The van der Waals surface area contributed by atoms with E-state index in [0.29, 0.717) is 38.3 Å². The highest BCUT2D eigenvalue weighted by atomic mass is 35.5. The number of benzene rings is 1. The first kappa shape index (κ1) is 25.2. The molecule has 1 aliphatic rings. The summed E-state index contributed by atoms with van der Waals surface area (Å²) < 4.78 is 89.3. The number of rotatable bonds is 4. The Kier molecular flexibility index (Phi) is 9.67. The summed E-state index contributed by atoms with van der Waals surface area (Å²) in [7, 11) is 0. The number of halogens is 9. The predicted molar refractivity (Wildman–Crippen MR) is 88.4 cm³/mol. The molecule has 1 fully saturated rings. The van der Waals surface area contributed by atoms with E-state index in [1.54, 1.807) is 4.90 Å². The van der Waals surface area contributed by atoms with Crippen LogP contribution >= 0.6 is 24.8 Å². The van der Waals surface area contributed by atoms with Crippen molar-refractivity contribution in [2.24, 2.45) is 0 Å². The lowest BCUT2D eigenvalue weighted by Crippen LogP contribution is -2.45. The number of piperazine rings is 1. The van der Waals surface area contributed by atoms with E-state index in [0.717, 1.165) is 6.07 Å². The minimum atomic E-state index is -4.83. The molecule has 152 valence electrons. The van der Waals surface area contributed by atoms with Gasteiger partial charge < -0.3 is 5.32 Å². The molecule has 0 bridgehead atoms. The number of nitrogens with one attached hydrogen (secondary N) is 1. The van der Waals surface area contributed by atoms with Gasteiger partial charge in [-0.1, -0.05) is 6.07 Å². The Morgan fingerprint density at radius 3 is 2.04 bits per heavy atom. The fraction of sp³-hybridized carbons (Fsp3) is 0.600. The molecule has 0 unspecified atom stereocenters. The average molecular weight is 431 g/mol. The van der Waals surface area contributed by atoms with Gasteiger partial charge in [-0.05, 0) is 24.1 Å². The van der Waals surface area contributed by atoms with Crippen molar-refractivity contribution in [1.82, 2.24) is 10.2 Å². The minimum absolute atomic E-state index is 0. The quantitative estimate of drug-likeness (QED) is 0.677. The molecule has 26 heavy (non-hydrogen) atoms. The summed E-state index contributed by atoms with van der Waals surface area (Å²) in [5.41, 5.74) is -1.28. The van der Waals surface area contributed by atoms with Crippen molar-refractivity contribution < 1.29 is 30.7 Å². The second-order valence-corrected chi connectivity index (χ2v) is 5.69. The lowest BCUT2D eigenvalue weighted by atomic mass is 9.97. The summed E-state index contributed by atoms with van der Waals surface area (Å²) in [6.07, 6.45) is -10.6. The Bertz CT molecular complexity index is 558. The van der Waals surface area contributed by atoms with E-state index in [1.807, 2.05) is 0 Å². The molecule has 1 N–H and O–H groups in total. The predicted octanol–water partition coefficient (Wildman–Crippen LogP) is 4.98. The Morgan fingerprint density at radius 2 is 1.58 bits per heavy atom. The molecule has 0 saturated carbocycles. The van der Waals surface area contributed by atoms with Crippen LogP contribution in [0.15, 0.2) is 18.2 Å². The molecule has 0 aromatic heterocycles. The van der Waals surface area contributed by atoms with Gasteiger partial charge in [0.05, 0.1) is 5.56 Å². The van der Waals surface area contributed by atoms with E-state index in [9.17, 15) is 30.7 Å². The third-order valence-electron chi connectivity index (χ3n) is 3.98. The molecule has 0 amide bonds. The van der Waals surface area contributed by atoms with Crippen molar-refractivity contribution in [3.8, 4) is 0 Å². The number of hydrogen-bond donors (Lipinski definition) is 1. The summed E-state index contributed by atoms with van der Waals surface area (Å²) in [4.78, 5) is 1.74. The van der Waals surface area contributed by atoms with Crippen LogP contribution in [0, 0.1) is 5.82 Å². The van der Waals surface area contributed by atoms with Crippen LogP contribution in [0.25, 0.3) is 0 Å². The number of nitrogens with zero attached hydrogens (tertiary/aromatic N) is 1. The van der Waals surface area contributed by atoms with Crippen LogP contribution in [0.2, 0.25) is 0 Å². The molecular weight excluding hydrogens is 412 g/mol. The van der Waals surface area contributed by atoms with Crippen molar-refractivity contribution in [3.63, 3.8) is 0 Å². The monoisotopic (exact) mass is 430 g/mol. The smallest absolute Gasteiger partial charge is 0.314 e. The van der Waals surface area contributed by atoms with Crippen molar-refractivity contribution in [1.29, 1.82) is 0 Å². The first-order chi connectivity index (χ1) is 11.1. The van der Waals surface area contributed by atoms with Crippen LogP contribution in [0.4, 0.5) is 30.7 Å². The van der Waals surface area contributed by atoms with Gasteiger partial charge in [-0.3, -0.25) is 4.90 Å². The molecule has 0 spiro atoms. The van der Waals surface area contributed by atoms with Gasteiger partial charge in [-0.25, -0.2) is 4.39 Å².